The molecule has 4 saturated carbocycles. The first-order chi connectivity index (χ1) is 17.8. The smallest absolute Gasteiger partial charge is 0.478 e. The summed E-state index contributed by atoms with van der Waals surface area (Å²) in [4.78, 5) is 38.0. The van der Waals surface area contributed by atoms with E-state index in [0.717, 1.165) is 6.08 Å². The highest BCUT2D eigenvalue weighted by Gasteiger charge is 2.78. The van der Waals surface area contributed by atoms with Crippen molar-refractivity contribution in [2.24, 2.45) is 45.3 Å². The molecule has 2 N–H and O–H groups in total. The summed E-state index contributed by atoms with van der Waals surface area (Å²) in [6.07, 6.45) is -1.27. The highest BCUT2D eigenvalue weighted by molar-refractivity contribution is 6.01. The number of carbonyl (C=O) groups excluding carboxylic acids is 2. The van der Waals surface area contributed by atoms with Crippen LogP contribution in [0.3, 0.4) is 0 Å². The van der Waals surface area contributed by atoms with Crippen molar-refractivity contribution in [2.75, 3.05) is 6.61 Å². The Hall–Kier alpha value is -2.29. The third-order valence-corrected chi connectivity index (χ3v) is 12.4. The number of allylic oxidation sites excluding steroid dienone is 4. The summed E-state index contributed by atoms with van der Waals surface area (Å²) in [6.45, 7) is 13.1. The Balaban J connectivity index is 1.48. The van der Waals surface area contributed by atoms with Crippen molar-refractivity contribution in [1.82, 2.24) is 0 Å². The third kappa shape index (κ3) is 3.25. The lowest BCUT2D eigenvalue weighted by atomic mass is 9.44. The van der Waals surface area contributed by atoms with Crippen LogP contribution in [0.15, 0.2) is 23.8 Å². The summed E-state index contributed by atoms with van der Waals surface area (Å²) < 4.78 is 44.2. The number of carboxylic acids is 1. The van der Waals surface area contributed by atoms with Crippen LogP contribution in [-0.4, -0.2) is 58.3 Å². The largest absolute Gasteiger partial charge is 0.509 e. The molecule has 5 aliphatic rings. The lowest BCUT2D eigenvalue weighted by Crippen LogP contribution is -2.71. The zero-order valence-corrected chi connectivity index (χ0v) is 23.7. The van der Waals surface area contributed by atoms with E-state index in [1.165, 1.54) is 19.1 Å². The van der Waals surface area contributed by atoms with Crippen LogP contribution in [0, 0.1) is 45.3 Å². The van der Waals surface area contributed by atoms with Gasteiger partial charge in [0.25, 0.3) is 0 Å². The van der Waals surface area contributed by atoms with Crippen molar-refractivity contribution < 1.29 is 42.9 Å². The van der Waals surface area contributed by atoms with Gasteiger partial charge in [-0.05, 0) is 60.7 Å². The van der Waals surface area contributed by atoms with E-state index < -0.39 is 70.0 Å². The Kier molecular flexibility index (Phi) is 5.89. The number of alkyl halides is 2. The fourth-order valence-corrected chi connectivity index (χ4v) is 9.30. The number of rotatable bonds is 4. The SMILES string of the molecule is C[C@@H]1C[C@H]2[C@@H]3C[C@H](F)C4=CC(=O)C=C[C@]4(C)[C@@]3(F)[C@@H](O)C[C@]2(C)[C@@]1(OC(=O)OCC1C(C)(C)C1(C)C)C(=O)O. The second kappa shape index (κ2) is 8.14. The number of fused-ring (bicyclic) bond motifs is 5. The molecule has 0 radical (unpaired) electrons. The van der Waals surface area contributed by atoms with E-state index in [-0.39, 0.29) is 48.2 Å². The minimum absolute atomic E-state index is 0.00213. The summed E-state index contributed by atoms with van der Waals surface area (Å²) in [5, 5.41) is 22.0. The van der Waals surface area contributed by atoms with Gasteiger partial charge in [0.2, 0.25) is 5.60 Å². The number of halogens is 2. The molecule has 7 nitrogen and oxygen atoms in total. The van der Waals surface area contributed by atoms with Crippen LogP contribution in [0.4, 0.5) is 13.6 Å². The summed E-state index contributed by atoms with van der Waals surface area (Å²) >= 11 is 0. The lowest BCUT2D eigenvalue weighted by molar-refractivity contribution is -0.231. The molecule has 5 rings (SSSR count). The van der Waals surface area contributed by atoms with E-state index in [2.05, 4.69) is 27.7 Å². The molecule has 5 aliphatic carbocycles. The second-order valence-electron chi connectivity index (χ2n) is 14.2. The Morgan fingerprint density at radius 3 is 2.26 bits per heavy atom. The van der Waals surface area contributed by atoms with Crippen LogP contribution >= 0.6 is 0 Å². The van der Waals surface area contributed by atoms with Crippen LogP contribution in [0.2, 0.25) is 0 Å². The predicted molar refractivity (Wildman–Crippen MR) is 137 cm³/mol. The maximum atomic E-state index is 17.3. The van der Waals surface area contributed by atoms with Gasteiger partial charge in [0.15, 0.2) is 11.5 Å². The van der Waals surface area contributed by atoms with Gasteiger partial charge in [-0.1, -0.05) is 47.6 Å². The molecule has 4 fully saturated rings. The van der Waals surface area contributed by atoms with Crippen molar-refractivity contribution in [3.05, 3.63) is 23.8 Å². The maximum Gasteiger partial charge on any atom is 0.509 e. The number of aliphatic hydroxyl groups is 1. The molecule has 0 unspecified atom stereocenters. The van der Waals surface area contributed by atoms with Crippen LogP contribution in [0.1, 0.15) is 67.7 Å². The summed E-state index contributed by atoms with van der Waals surface area (Å²) in [6, 6.07) is 0. The van der Waals surface area contributed by atoms with Gasteiger partial charge in [0.05, 0.1) is 12.7 Å². The zero-order chi connectivity index (χ0) is 29.1. The molecule has 9 atom stereocenters. The highest BCUT2D eigenvalue weighted by Crippen LogP contribution is 2.72. The van der Waals surface area contributed by atoms with Crippen molar-refractivity contribution in [3.8, 4) is 0 Å². The van der Waals surface area contributed by atoms with Gasteiger partial charge in [-0.3, -0.25) is 4.79 Å². The molecule has 9 heteroatoms. The molecule has 0 aliphatic heterocycles. The summed E-state index contributed by atoms with van der Waals surface area (Å²) in [5.74, 6) is -4.30. The van der Waals surface area contributed by atoms with Gasteiger partial charge in [-0.2, -0.15) is 0 Å². The molecule has 0 aromatic rings. The molecule has 39 heavy (non-hydrogen) atoms. The van der Waals surface area contributed by atoms with Crippen LogP contribution < -0.4 is 0 Å². The number of aliphatic hydroxyl groups excluding tert-OH is 1. The number of ether oxygens (including phenoxy) is 2. The summed E-state index contributed by atoms with van der Waals surface area (Å²) in [5.41, 5.74) is -7.55. The maximum absolute atomic E-state index is 17.3. The first-order valence-electron chi connectivity index (χ1n) is 13.9. The van der Waals surface area contributed by atoms with Crippen molar-refractivity contribution in [1.29, 1.82) is 0 Å². The normalized spacial score (nSPS) is 47.4. The van der Waals surface area contributed by atoms with Crippen LogP contribution in [0.25, 0.3) is 0 Å². The molecule has 0 heterocycles. The van der Waals surface area contributed by atoms with Gasteiger partial charge in [0, 0.05) is 28.6 Å². The van der Waals surface area contributed by atoms with Crippen molar-refractivity contribution in [2.45, 2.75) is 91.3 Å². The quantitative estimate of drug-likeness (QED) is 0.463. The molecule has 0 amide bonds. The fraction of sp³-hybridized carbons (Fsp3) is 0.767. The first-order valence-corrected chi connectivity index (χ1v) is 13.9. The average molecular weight is 551 g/mol. The van der Waals surface area contributed by atoms with E-state index in [1.807, 2.05) is 0 Å². The Morgan fingerprint density at radius 2 is 1.69 bits per heavy atom. The molecule has 0 aromatic heterocycles. The molecular formula is C30H40F2O7. The van der Waals surface area contributed by atoms with E-state index >= 15 is 8.78 Å². The Bertz CT molecular complexity index is 1180. The van der Waals surface area contributed by atoms with Gasteiger partial charge >= 0.3 is 12.1 Å². The minimum Gasteiger partial charge on any atom is -0.478 e. The molecule has 0 saturated heterocycles. The zero-order valence-electron chi connectivity index (χ0n) is 23.7. The van der Waals surface area contributed by atoms with Crippen LogP contribution in [-0.2, 0) is 19.1 Å². The second-order valence-corrected chi connectivity index (χ2v) is 14.2. The van der Waals surface area contributed by atoms with Crippen molar-refractivity contribution in [3.63, 3.8) is 0 Å². The van der Waals surface area contributed by atoms with Gasteiger partial charge in [-0.15, -0.1) is 0 Å². The molecule has 0 spiro atoms. The van der Waals surface area contributed by atoms with Gasteiger partial charge < -0.3 is 19.7 Å². The summed E-state index contributed by atoms with van der Waals surface area (Å²) in [7, 11) is 0. The standard InChI is InChI=1S/C30H40F2O7/c1-15-10-17-18-12-20(31)19-11-16(33)8-9-27(19,6)29(18,32)22(34)13-28(17,7)30(15,23(35)36)39-24(37)38-14-21-25(2,3)26(21,4)5/h8-9,11,15,17-18,20-22,34H,10,12-14H2,1-7H3,(H,35,36)/t15-,17+,18+,20+,22+,27+,28+,29+,30+/m1/s1. The van der Waals surface area contributed by atoms with E-state index in [1.54, 1.807) is 13.8 Å². The first kappa shape index (κ1) is 28.2. The van der Waals surface area contributed by atoms with E-state index in [4.69, 9.17) is 9.47 Å². The molecule has 216 valence electrons. The Morgan fingerprint density at radius 1 is 1.08 bits per heavy atom. The number of hydrogen-bond acceptors (Lipinski definition) is 6. The number of hydrogen-bond donors (Lipinski definition) is 2. The molecular weight excluding hydrogens is 510 g/mol. The minimum atomic E-state index is -2.35. The topological polar surface area (TPSA) is 110 Å². The average Bonchev–Trinajstić information content (AvgIpc) is 3.10. The fourth-order valence-electron chi connectivity index (χ4n) is 9.30. The van der Waals surface area contributed by atoms with Crippen LogP contribution in [0.5, 0.6) is 0 Å². The number of carboxylic acid groups (broad SMARTS) is 1. The van der Waals surface area contributed by atoms with Crippen molar-refractivity contribution >= 4 is 17.9 Å². The predicted octanol–water partition coefficient (Wildman–Crippen LogP) is 5.21. The molecule has 0 bridgehead atoms. The highest BCUT2D eigenvalue weighted by atomic mass is 19.1. The number of carbonyl (C=O) groups is 3. The third-order valence-electron chi connectivity index (χ3n) is 12.4. The van der Waals surface area contributed by atoms with E-state index in [0.29, 0.717) is 0 Å². The van der Waals surface area contributed by atoms with E-state index in [9.17, 15) is 24.6 Å². The number of aliphatic carboxylic acids is 1. The Labute approximate surface area is 228 Å². The molecule has 0 aromatic carbocycles. The van der Waals surface area contributed by atoms with Gasteiger partial charge in [-0.25, -0.2) is 18.4 Å². The van der Waals surface area contributed by atoms with Gasteiger partial charge in [0.1, 0.15) is 6.17 Å². The lowest BCUT2D eigenvalue weighted by Gasteiger charge is -2.62. The monoisotopic (exact) mass is 550 g/mol. The number of ketones is 1.